The van der Waals surface area contributed by atoms with Gasteiger partial charge in [-0.2, -0.15) is 17.6 Å². The van der Waals surface area contributed by atoms with E-state index in [9.17, 15) is 35.1 Å². The van der Waals surface area contributed by atoms with Gasteiger partial charge in [0.15, 0.2) is 17.5 Å². The summed E-state index contributed by atoms with van der Waals surface area (Å²) in [5.41, 5.74) is -0.146. The molecule has 0 N–H and O–H groups in total. The Morgan fingerprint density at radius 2 is 1.49 bits per heavy atom. The summed E-state index contributed by atoms with van der Waals surface area (Å²) in [7, 11) is 0. The summed E-state index contributed by atoms with van der Waals surface area (Å²) in [6.45, 7) is 3.02. The lowest BCUT2D eigenvalue weighted by molar-refractivity contribution is -0.222. The van der Waals surface area contributed by atoms with Crippen molar-refractivity contribution in [3.05, 3.63) is 107 Å². The van der Waals surface area contributed by atoms with Crippen LogP contribution in [0.15, 0.2) is 67.2 Å². The fourth-order valence-electron chi connectivity index (χ4n) is 4.79. The van der Waals surface area contributed by atoms with Crippen LogP contribution in [0.3, 0.4) is 0 Å². The standard InChI is InChI=1S/C30H23F9O2/c1-2-11-40-29(37)27(35)18-6-10-22(24(32)13-18)17-5-9-21(23(31)12-17)16-3-7-19(8-4-16)30(38,39)41-20-14-25(33)28(36)26(34)15-20/h2,5-6,9-10,12-16,19H,1,3-4,7-8,11H2. The minimum Gasteiger partial charge on any atom is -0.464 e. The third-order valence-corrected chi connectivity index (χ3v) is 6.89. The maximum absolute atomic E-state index is 15.1. The van der Waals surface area contributed by atoms with Gasteiger partial charge in [-0.25, -0.2) is 22.0 Å². The summed E-state index contributed by atoms with van der Waals surface area (Å²) in [6.07, 6.45) is -2.54. The van der Waals surface area contributed by atoms with Crippen LogP contribution in [-0.4, -0.2) is 12.7 Å². The largest absolute Gasteiger partial charge is 0.464 e. The molecular formula is C30H23F9O2. The first-order valence-corrected chi connectivity index (χ1v) is 12.5. The van der Waals surface area contributed by atoms with Crippen molar-refractivity contribution in [3.8, 4) is 16.9 Å². The number of ether oxygens (including phenoxy) is 2. The van der Waals surface area contributed by atoms with Gasteiger partial charge >= 0.3 is 12.1 Å². The van der Waals surface area contributed by atoms with Gasteiger partial charge in [0.05, 0.1) is 5.92 Å². The zero-order valence-electron chi connectivity index (χ0n) is 21.3. The van der Waals surface area contributed by atoms with Gasteiger partial charge in [-0.15, -0.1) is 0 Å². The van der Waals surface area contributed by atoms with Crippen LogP contribution in [0, 0.1) is 35.0 Å². The van der Waals surface area contributed by atoms with Gasteiger partial charge < -0.3 is 9.47 Å². The van der Waals surface area contributed by atoms with Crippen molar-refractivity contribution >= 4 is 5.83 Å². The van der Waals surface area contributed by atoms with Crippen molar-refractivity contribution in [1.29, 1.82) is 0 Å². The number of hydrogen-bond acceptors (Lipinski definition) is 2. The molecule has 218 valence electrons. The van der Waals surface area contributed by atoms with Crippen molar-refractivity contribution in [2.24, 2.45) is 5.92 Å². The van der Waals surface area contributed by atoms with E-state index in [0.717, 1.165) is 24.3 Å². The molecule has 3 aromatic carbocycles. The Morgan fingerprint density at radius 3 is 2.07 bits per heavy atom. The summed E-state index contributed by atoms with van der Waals surface area (Å²) >= 11 is 0. The molecule has 0 spiro atoms. The van der Waals surface area contributed by atoms with Crippen molar-refractivity contribution in [1.82, 2.24) is 0 Å². The molecule has 0 atom stereocenters. The van der Waals surface area contributed by atoms with E-state index < -0.39 is 70.2 Å². The molecule has 2 nitrogen and oxygen atoms in total. The van der Waals surface area contributed by atoms with Gasteiger partial charge in [-0.3, -0.25) is 0 Å². The maximum atomic E-state index is 15.1. The second kappa shape index (κ2) is 12.3. The Morgan fingerprint density at radius 1 is 0.829 bits per heavy atom. The third-order valence-electron chi connectivity index (χ3n) is 6.89. The molecule has 1 aliphatic carbocycles. The highest BCUT2D eigenvalue weighted by atomic mass is 19.3. The van der Waals surface area contributed by atoms with E-state index in [-0.39, 0.29) is 49.0 Å². The number of alkyl halides is 2. The maximum Gasteiger partial charge on any atom is 0.400 e. The van der Waals surface area contributed by atoms with Crippen LogP contribution in [0.25, 0.3) is 17.0 Å². The molecule has 1 saturated carbocycles. The van der Waals surface area contributed by atoms with E-state index in [1.54, 1.807) is 0 Å². The minimum atomic E-state index is -3.82. The van der Waals surface area contributed by atoms with Crippen LogP contribution >= 0.6 is 0 Å². The zero-order valence-corrected chi connectivity index (χ0v) is 21.3. The van der Waals surface area contributed by atoms with E-state index >= 15 is 4.39 Å². The van der Waals surface area contributed by atoms with Gasteiger partial charge in [0, 0.05) is 23.3 Å². The predicted molar refractivity (Wildman–Crippen MR) is 134 cm³/mol. The second-order valence-electron chi connectivity index (χ2n) is 9.53. The van der Waals surface area contributed by atoms with Crippen LogP contribution in [0.5, 0.6) is 5.75 Å². The Hall–Kier alpha value is -3.89. The molecule has 3 aromatic rings. The van der Waals surface area contributed by atoms with E-state index in [1.165, 1.54) is 18.2 Å². The summed E-state index contributed by atoms with van der Waals surface area (Å²) in [6, 6.07) is 6.03. The van der Waals surface area contributed by atoms with E-state index in [2.05, 4.69) is 16.1 Å². The van der Waals surface area contributed by atoms with E-state index in [4.69, 9.17) is 0 Å². The van der Waals surface area contributed by atoms with Gasteiger partial charge in [-0.05, 0) is 54.9 Å². The van der Waals surface area contributed by atoms with Gasteiger partial charge in [0.2, 0.25) is 5.83 Å². The molecule has 1 fully saturated rings. The highest BCUT2D eigenvalue weighted by molar-refractivity contribution is 5.69. The van der Waals surface area contributed by atoms with Crippen LogP contribution < -0.4 is 4.74 Å². The topological polar surface area (TPSA) is 18.5 Å². The average Bonchev–Trinajstić information content (AvgIpc) is 2.94. The Labute approximate surface area is 229 Å². The molecule has 1 aliphatic rings. The lowest BCUT2D eigenvalue weighted by atomic mass is 9.77. The molecule has 0 radical (unpaired) electrons. The molecule has 0 bridgehead atoms. The average molecular weight is 586 g/mol. The van der Waals surface area contributed by atoms with Crippen molar-refractivity contribution in [3.63, 3.8) is 0 Å². The smallest absolute Gasteiger partial charge is 0.400 e. The fourth-order valence-corrected chi connectivity index (χ4v) is 4.79. The lowest BCUT2D eigenvalue weighted by Gasteiger charge is -2.33. The molecule has 0 amide bonds. The third kappa shape index (κ3) is 6.71. The molecule has 4 rings (SSSR count). The second-order valence-corrected chi connectivity index (χ2v) is 9.53. The van der Waals surface area contributed by atoms with Gasteiger partial charge in [0.1, 0.15) is 24.0 Å². The number of halogens is 9. The summed E-state index contributed by atoms with van der Waals surface area (Å²) in [5, 5.41) is 0. The van der Waals surface area contributed by atoms with Crippen molar-refractivity contribution < 1.29 is 49.0 Å². The molecule has 0 saturated heterocycles. The summed E-state index contributed by atoms with van der Waals surface area (Å²) in [5.74, 6) is -10.8. The molecular weight excluding hydrogens is 563 g/mol. The molecule has 0 aliphatic heterocycles. The zero-order chi connectivity index (χ0) is 29.9. The first kappa shape index (κ1) is 30.1. The van der Waals surface area contributed by atoms with E-state index in [0.29, 0.717) is 12.1 Å². The van der Waals surface area contributed by atoms with Crippen LogP contribution in [0.2, 0.25) is 0 Å². The lowest BCUT2D eigenvalue weighted by Crippen LogP contribution is -2.37. The minimum absolute atomic E-state index is 0.0754. The van der Waals surface area contributed by atoms with Crippen LogP contribution in [0.4, 0.5) is 39.5 Å². The number of hydrogen-bond donors (Lipinski definition) is 0. The number of benzene rings is 3. The Balaban J connectivity index is 1.44. The first-order chi connectivity index (χ1) is 19.4. The first-order valence-electron chi connectivity index (χ1n) is 12.5. The molecule has 0 heterocycles. The van der Waals surface area contributed by atoms with Crippen molar-refractivity contribution in [2.45, 2.75) is 37.7 Å². The highest BCUT2D eigenvalue weighted by Gasteiger charge is 2.44. The molecule has 0 aromatic heterocycles. The Kier molecular flexibility index (Phi) is 9.04. The van der Waals surface area contributed by atoms with Crippen molar-refractivity contribution in [2.75, 3.05) is 6.61 Å². The monoisotopic (exact) mass is 586 g/mol. The number of rotatable bonds is 9. The molecule has 0 unspecified atom stereocenters. The normalized spacial score (nSPS) is 18.1. The quantitative estimate of drug-likeness (QED) is 0.108. The predicted octanol–water partition coefficient (Wildman–Crippen LogP) is 9.76. The Bertz CT molecular complexity index is 1440. The fraction of sp³-hybridized carbons (Fsp3) is 0.267. The van der Waals surface area contributed by atoms with Gasteiger partial charge in [-0.1, -0.05) is 36.9 Å². The molecule has 11 heteroatoms. The SMILES string of the molecule is C=CCOC(F)=C(F)c1ccc(-c2ccc(C3CCC(C(F)(F)Oc4cc(F)c(F)c(F)c4)CC3)c(F)c2)c(F)c1. The van der Waals surface area contributed by atoms with E-state index in [1.807, 2.05) is 0 Å². The van der Waals surface area contributed by atoms with Gasteiger partial charge in [0.25, 0.3) is 0 Å². The molecule has 41 heavy (non-hydrogen) atoms. The van der Waals surface area contributed by atoms with Crippen LogP contribution in [0.1, 0.15) is 42.7 Å². The summed E-state index contributed by atoms with van der Waals surface area (Å²) in [4.78, 5) is 0. The summed E-state index contributed by atoms with van der Waals surface area (Å²) < 4.78 is 136. The highest BCUT2D eigenvalue weighted by Crippen LogP contribution is 2.44. The van der Waals surface area contributed by atoms with Crippen LogP contribution in [-0.2, 0) is 4.74 Å².